The first-order valence-electron chi connectivity index (χ1n) is 5.86. The summed E-state index contributed by atoms with van der Waals surface area (Å²) in [4.78, 5) is 11.9. The number of nitrogens with two attached hydrogens (primary N) is 1. The van der Waals surface area contributed by atoms with Gasteiger partial charge in [-0.15, -0.1) is 0 Å². The molecule has 0 atom stereocenters. The molecule has 0 radical (unpaired) electrons. The molecule has 0 spiro atoms. The van der Waals surface area contributed by atoms with Crippen LogP contribution >= 0.6 is 0 Å². The molecule has 0 heterocycles. The van der Waals surface area contributed by atoms with E-state index in [9.17, 15) is 4.79 Å². The Balaban J connectivity index is 2.75. The maximum atomic E-state index is 11.9. The molecule has 94 valence electrons. The van der Waals surface area contributed by atoms with Crippen LogP contribution in [0.3, 0.4) is 0 Å². The molecule has 1 aromatic carbocycles. The molecule has 0 saturated carbocycles. The van der Waals surface area contributed by atoms with E-state index in [0.29, 0.717) is 17.1 Å². The van der Waals surface area contributed by atoms with Gasteiger partial charge in [-0.25, -0.2) is 0 Å². The van der Waals surface area contributed by atoms with Gasteiger partial charge in [0.15, 0.2) is 0 Å². The van der Waals surface area contributed by atoms with Gasteiger partial charge in [0, 0.05) is 11.6 Å². The monoisotopic (exact) mass is 236 g/mol. The largest absolute Gasteiger partial charge is 0.495 e. The number of rotatable bonds is 5. The van der Waals surface area contributed by atoms with Gasteiger partial charge < -0.3 is 15.8 Å². The van der Waals surface area contributed by atoms with Gasteiger partial charge in [0.1, 0.15) is 5.75 Å². The Morgan fingerprint density at radius 1 is 1.41 bits per heavy atom. The van der Waals surface area contributed by atoms with Crippen molar-refractivity contribution in [3.63, 3.8) is 0 Å². The zero-order valence-corrected chi connectivity index (χ0v) is 10.6. The van der Waals surface area contributed by atoms with E-state index >= 15 is 0 Å². The number of anilines is 2. The fraction of sp³-hybridized carbons (Fsp3) is 0.462. The Morgan fingerprint density at radius 2 is 2.06 bits per heavy atom. The van der Waals surface area contributed by atoms with Crippen LogP contribution in [0.2, 0.25) is 0 Å². The van der Waals surface area contributed by atoms with E-state index in [-0.39, 0.29) is 11.8 Å². The summed E-state index contributed by atoms with van der Waals surface area (Å²) in [6.07, 6.45) is 1.68. The second-order valence-electron chi connectivity index (χ2n) is 3.96. The minimum absolute atomic E-state index is 0.0413. The topological polar surface area (TPSA) is 64.3 Å². The summed E-state index contributed by atoms with van der Waals surface area (Å²) in [7, 11) is 1.56. The molecule has 0 aliphatic rings. The highest BCUT2D eigenvalue weighted by Crippen LogP contribution is 2.25. The van der Waals surface area contributed by atoms with Crippen LogP contribution in [0.1, 0.15) is 26.7 Å². The Labute approximate surface area is 102 Å². The molecule has 0 unspecified atom stereocenters. The van der Waals surface area contributed by atoms with Crippen molar-refractivity contribution in [3.05, 3.63) is 18.2 Å². The van der Waals surface area contributed by atoms with E-state index in [2.05, 4.69) is 5.32 Å². The second-order valence-corrected chi connectivity index (χ2v) is 3.96. The molecule has 17 heavy (non-hydrogen) atoms. The van der Waals surface area contributed by atoms with Crippen LogP contribution in [-0.2, 0) is 4.79 Å². The maximum Gasteiger partial charge on any atom is 0.227 e. The summed E-state index contributed by atoms with van der Waals surface area (Å²) < 4.78 is 5.06. The average molecular weight is 236 g/mol. The smallest absolute Gasteiger partial charge is 0.227 e. The van der Waals surface area contributed by atoms with Crippen molar-refractivity contribution in [2.45, 2.75) is 26.7 Å². The lowest BCUT2D eigenvalue weighted by Gasteiger charge is -2.13. The third-order valence-electron chi connectivity index (χ3n) is 2.85. The van der Waals surface area contributed by atoms with Gasteiger partial charge in [0.25, 0.3) is 0 Å². The van der Waals surface area contributed by atoms with Gasteiger partial charge >= 0.3 is 0 Å². The van der Waals surface area contributed by atoms with E-state index in [4.69, 9.17) is 10.5 Å². The minimum Gasteiger partial charge on any atom is -0.495 e. The normalized spacial score (nSPS) is 10.4. The van der Waals surface area contributed by atoms with E-state index in [0.717, 1.165) is 12.8 Å². The van der Waals surface area contributed by atoms with E-state index in [1.807, 2.05) is 13.8 Å². The number of carbonyl (C=O) groups excluding carboxylic acids is 1. The number of ether oxygens (including phenoxy) is 1. The van der Waals surface area contributed by atoms with Crippen molar-refractivity contribution in [2.24, 2.45) is 5.92 Å². The molecule has 0 fully saturated rings. The molecule has 4 nitrogen and oxygen atoms in total. The summed E-state index contributed by atoms with van der Waals surface area (Å²) in [5.41, 5.74) is 7.00. The van der Waals surface area contributed by atoms with Crippen LogP contribution in [0.25, 0.3) is 0 Å². The van der Waals surface area contributed by atoms with Crippen LogP contribution < -0.4 is 15.8 Å². The molecule has 1 aromatic rings. The number of amides is 1. The van der Waals surface area contributed by atoms with E-state index in [1.54, 1.807) is 25.3 Å². The molecule has 1 amide bonds. The lowest BCUT2D eigenvalue weighted by Crippen LogP contribution is -2.21. The molecule has 0 saturated heterocycles. The number of hydrogen-bond acceptors (Lipinski definition) is 3. The lowest BCUT2D eigenvalue weighted by atomic mass is 10.0. The highest BCUT2D eigenvalue weighted by atomic mass is 16.5. The van der Waals surface area contributed by atoms with Gasteiger partial charge in [-0.05, 0) is 31.0 Å². The van der Waals surface area contributed by atoms with Crippen molar-refractivity contribution in [1.82, 2.24) is 0 Å². The minimum atomic E-state index is 0.0413. The maximum absolute atomic E-state index is 11.9. The summed E-state index contributed by atoms with van der Waals surface area (Å²) >= 11 is 0. The average Bonchev–Trinajstić information content (AvgIpc) is 2.31. The summed E-state index contributed by atoms with van der Waals surface area (Å²) in [5.74, 6) is 0.712. The van der Waals surface area contributed by atoms with Crippen molar-refractivity contribution in [2.75, 3.05) is 18.2 Å². The van der Waals surface area contributed by atoms with Crippen molar-refractivity contribution in [3.8, 4) is 5.75 Å². The predicted molar refractivity (Wildman–Crippen MR) is 70.1 cm³/mol. The highest BCUT2D eigenvalue weighted by molar-refractivity contribution is 5.93. The Bertz CT molecular complexity index is 387. The van der Waals surface area contributed by atoms with Gasteiger partial charge in [0.05, 0.1) is 12.8 Å². The lowest BCUT2D eigenvalue weighted by molar-refractivity contribution is -0.120. The molecule has 4 heteroatoms. The number of methoxy groups -OCH3 is 1. The van der Waals surface area contributed by atoms with Crippen LogP contribution in [0.5, 0.6) is 5.75 Å². The first kappa shape index (κ1) is 13.4. The zero-order chi connectivity index (χ0) is 12.8. The number of hydrogen-bond donors (Lipinski definition) is 2. The standard InChI is InChI=1S/C13H20N2O2/c1-4-9(5-2)13(16)15-10-6-7-12(17-3)11(14)8-10/h6-9H,4-5,14H2,1-3H3,(H,15,16). The van der Waals surface area contributed by atoms with Crippen LogP contribution in [0.4, 0.5) is 11.4 Å². The fourth-order valence-corrected chi connectivity index (χ4v) is 1.72. The number of nitrogen functional groups attached to an aromatic ring is 1. The van der Waals surface area contributed by atoms with Gasteiger partial charge in [-0.1, -0.05) is 13.8 Å². The van der Waals surface area contributed by atoms with Gasteiger partial charge in [0.2, 0.25) is 5.91 Å². The van der Waals surface area contributed by atoms with Gasteiger partial charge in [-0.2, -0.15) is 0 Å². The Morgan fingerprint density at radius 3 is 2.53 bits per heavy atom. The molecule has 0 aliphatic heterocycles. The summed E-state index contributed by atoms with van der Waals surface area (Å²) in [6, 6.07) is 5.24. The number of nitrogens with one attached hydrogen (secondary N) is 1. The number of carbonyl (C=O) groups is 1. The molecular formula is C13H20N2O2. The van der Waals surface area contributed by atoms with Crippen LogP contribution in [0, 0.1) is 5.92 Å². The second kappa shape index (κ2) is 6.13. The summed E-state index contributed by atoms with van der Waals surface area (Å²) in [5, 5.41) is 2.86. The van der Waals surface area contributed by atoms with E-state index < -0.39 is 0 Å². The Kier molecular flexibility index (Phi) is 4.82. The molecule has 3 N–H and O–H groups in total. The number of benzene rings is 1. The van der Waals surface area contributed by atoms with E-state index in [1.165, 1.54) is 0 Å². The molecule has 1 rings (SSSR count). The van der Waals surface area contributed by atoms with Gasteiger partial charge in [-0.3, -0.25) is 4.79 Å². The Hall–Kier alpha value is -1.71. The first-order chi connectivity index (χ1) is 8.12. The van der Waals surface area contributed by atoms with Crippen molar-refractivity contribution < 1.29 is 9.53 Å². The molecule has 0 bridgehead atoms. The van der Waals surface area contributed by atoms with Crippen molar-refractivity contribution in [1.29, 1.82) is 0 Å². The van der Waals surface area contributed by atoms with Crippen LogP contribution in [0.15, 0.2) is 18.2 Å². The molecule has 0 aliphatic carbocycles. The molecular weight excluding hydrogens is 216 g/mol. The molecule has 0 aromatic heterocycles. The quantitative estimate of drug-likeness (QED) is 0.772. The van der Waals surface area contributed by atoms with Crippen molar-refractivity contribution >= 4 is 17.3 Å². The SMILES string of the molecule is CCC(CC)C(=O)Nc1ccc(OC)c(N)c1. The zero-order valence-electron chi connectivity index (χ0n) is 10.6. The first-order valence-corrected chi connectivity index (χ1v) is 5.86. The highest BCUT2D eigenvalue weighted by Gasteiger charge is 2.14. The third kappa shape index (κ3) is 3.37. The fourth-order valence-electron chi connectivity index (χ4n) is 1.72. The third-order valence-corrected chi connectivity index (χ3v) is 2.85. The summed E-state index contributed by atoms with van der Waals surface area (Å²) in [6.45, 7) is 4.02. The van der Waals surface area contributed by atoms with Crippen LogP contribution in [-0.4, -0.2) is 13.0 Å². The predicted octanol–water partition coefficient (Wildman–Crippen LogP) is 2.65.